The van der Waals surface area contributed by atoms with Crippen LogP contribution in [0.15, 0.2) is 48.5 Å². The average Bonchev–Trinajstić information content (AvgIpc) is 2.36. The number of alkyl halides is 2. The van der Waals surface area contributed by atoms with Gasteiger partial charge in [0, 0.05) is 10.8 Å². The lowest BCUT2D eigenvalue weighted by Crippen LogP contribution is -1.99. The molecule has 0 bridgehead atoms. The lowest BCUT2D eigenvalue weighted by atomic mass is 10.1. The summed E-state index contributed by atoms with van der Waals surface area (Å²) in [6, 6.07) is 15.6. The van der Waals surface area contributed by atoms with Crippen LogP contribution in [0.25, 0.3) is 21.8 Å². The summed E-state index contributed by atoms with van der Waals surface area (Å²) in [5.74, 6) is 0.640. The molecule has 0 aliphatic heterocycles. The van der Waals surface area contributed by atoms with E-state index in [1.165, 1.54) is 0 Å². The largest absolute Gasteiger partial charge is 0.460 e. The van der Waals surface area contributed by atoms with Crippen molar-refractivity contribution in [2.24, 2.45) is 0 Å². The third-order valence-electron chi connectivity index (χ3n) is 2.74. The standard InChI is InChI=1S/C14H9Cl2NO/c15-14(16)18-13-7-3-6-12-10(13)8-9-4-1-2-5-11(9)17-12/h1-8,14H. The van der Waals surface area contributed by atoms with Crippen molar-refractivity contribution in [1.82, 2.24) is 4.98 Å². The fourth-order valence-corrected chi connectivity index (χ4v) is 2.16. The SMILES string of the molecule is ClC(Cl)Oc1cccc2nc3ccccc3cc12. The zero-order chi connectivity index (χ0) is 12.5. The molecule has 1 aromatic heterocycles. The Balaban J connectivity index is 2.29. The Hall–Kier alpha value is -1.51. The number of halogens is 2. The zero-order valence-electron chi connectivity index (χ0n) is 9.31. The molecule has 0 saturated carbocycles. The molecule has 2 nitrogen and oxygen atoms in total. The van der Waals surface area contributed by atoms with E-state index in [1.54, 1.807) is 0 Å². The lowest BCUT2D eigenvalue weighted by molar-refractivity contribution is 0.358. The number of aromatic nitrogens is 1. The topological polar surface area (TPSA) is 22.1 Å². The molecule has 0 spiro atoms. The summed E-state index contributed by atoms with van der Waals surface area (Å²) in [5.41, 5.74) is 1.82. The fourth-order valence-electron chi connectivity index (χ4n) is 1.97. The smallest absolute Gasteiger partial charge is 0.247 e. The van der Waals surface area contributed by atoms with Crippen LogP contribution in [0.4, 0.5) is 0 Å². The van der Waals surface area contributed by atoms with Crippen LogP contribution in [-0.4, -0.2) is 10.0 Å². The normalized spacial score (nSPS) is 11.3. The van der Waals surface area contributed by atoms with E-state index in [0.717, 1.165) is 21.8 Å². The number of benzene rings is 2. The molecule has 4 heteroatoms. The van der Waals surface area contributed by atoms with Gasteiger partial charge in [0.2, 0.25) is 5.02 Å². The Bertz CT molecular complexity index is 712. The molecule has 0 radical (unpaired) electrons. The van der Waals surface area contributed by atoms with Crippen molar-refractivity contribution in [3.8, 4) is 5.75 Å². The van der Waals surface area contributed by atoms with Gasteiger partial charge in [-0.25, -0.2) is 4.98 Å². The second kappa shape index (κ2) is 4.63. The molecule has 0 saturated heterocycles. The van der Waals surface area contributed by atoms with Crippen molar-refractivity contribution >= 4 is 45.0 Å². The second-order valence-corrected chi connectivity index (χ2v) is 4.90. The van der Waals surface area contributed by atoms with E-state index in [-0.39, 0.29) is 0 Å². The quantitative estimate of drug-likeness (QED) is 0.507. The lowest BCUT2D eigenvalue weighted by Gasteiger charge is -2.10. The first kappa shape index (κ1) is 11.6. The van der Waals surface area contributed by atoms with Crippen LogP contribution in [0, 0.1) is 0 Å². The minimum atomic E-state index is -0.887. The van der Waals surface area contributed by atoms with E-state index in [1.807, 2.05) is 48.5 Å². The first-order valence-corrected chi connectivity index (χ1v) is 6.35. The molecule has 0 aliphatic rings. The minimum absolute atomic E-state index is 0.640. The van der Waals surface area contributed by atoms with Gasteiger partial charge in [-0.1, -0.05) is 47.5 Å². The third kappa shape index (κ3) is 2.09. The number of pyridine rings is 1. The molecule has 0 N–H and O–H groups in total. The Morgan fingerprint density at radius 2 is 1.72 bits per heavy atom. The van der Waals surface area contributed by atoms with Gasteiger partial charge in [-0.3, -0.25) is 0 Å². The summed E-state index contributed by atoms with van der Waals surface area (Å²) < 4.78 is 5.37. The Morgan fingerprint density at radius 3 is 2.56 bits per heavy atom. The molecule has 3 rings (SSSR count). The van der Waals surface area contributed by atoms with Crippen LogP contribution in [0.5, 0.6) is 5.75 Å². The molecule has 0 unspecified atom stereocenters. The van der Waals surface area contributed by atoms with Crippen LogP contribution in [-0.2, 0) is 0 Å². The van der Waals surface area contributed by atoms with Crippen molar-refractivity contribution in [2.75, 3.05) is 0 Å². The number of hydrogen-bond donors (Lipinski definition) is 0. The Kier molecular flexibility index (Phi) is 2.98. The van der Waals surface area contributed by atoms with Gasteiger partial charge in [0.05, 0.1) is 11.0 Å². The minimum Gasteiger partial charge on any atom is -0.460 e. The predicted octanol–water partition coefficient (Wildman–Crippen LogP) is 4.53. The van der Waals surface area contributed by atoms with Gasteiger partial charge in [-0.15, -0.1) is 0 Å². The van der Waals surface area contributed by atoms with Crippen LogP contribution in [0.1, 0.15) is 0 Å². The molecule has 0 fully saturated rings. The molecule has 2 aromatic carbocycles. The van der Waals surface area contributed by atoms with E-state index in [0.29, 0.717) is 5.75 Å². The zero-order valence-corrected chi connectivity index (χ0v) is 10.8. The van der Waals surface area contributed by atoms with Crippen LogP contribution >= 0.6 is 23.2 Å². The van der Waals surface area contributed by atoms with Gasteiger partial charge in [0.25, 0.3) is 0 Å². The summed E-state index contributed by atoms with van der Waals surface area (Å²) in [5, 5.41) is 1.08. The molecule has 3 aromatic rings. The number of fused-ring (bicyclic) bond motifs is 2. The number of hydrogen-bond acceptors (Lipinski definition) is 2. The van der Waals surface area contributed by atoms with E-state index >= 15 is 0 Å². The highest BCUT2D eigenvalue weighted by atomic mass is 35.5. The number of nitrogens with zero attached hydrogens (tertiary/aromatic N) is 1. The maximum Gasteiger partial charge on any atom is 0.247 e. The average molecular weight is 278 g/mol. The highest BCUT2D eigenvalue weighted by Gasteiger charge is 2.07. The predicted molar refractivity (Wildman–Crippen MR) is 75.4 cm³/mol. The summed E-state index contributed by atoms with van der Waals surface area (Å²) in [7, 11) is 0. The molecule has 1 heterocycles. The molecule has 0 amide bonds. The molecule has 0 atom stereocenters. The van der Waals surface area contributed by atoms with Crippen molar-refractivity contribution in [2.45, 2.75) is 5.02 Å². The fraction of sp³-hybridized carbons (Fsp3) is 0.0714. The Labute approximate surface area is 114 Å². The number of para-hydroxylation sites is 1. The summed E-state index contributed by atoms with van der Waals surface area (Å²) in [6.45, 7) is 0. The van der Waals surface area contributed by atoms with Crippen molar-refractivity contribution in [1.29, 1.82) is 0 Å². The molecule has 90 valence electrons. The van der Waals surface area contributed by atoms with E-state index < -0.39 is 5.02 Å². The van der Waals surface area contributed by atoms with Crippen molar-refractivity contribution in [3.63, 3.8) is 0 Å². The highest BCUT2D eigenvalue weighted by Crippen LogP contribution is 2.29. The maximum atomic E-state index is 5.65. The van der Waals surface area contributed by atoms with Crippen LogP contribution in [0.3, 0.4) is 0 Å². The maximum absolute atomic E-state index is 5.65. The molecular formula is C14H9Cl2NO. The summed E-state index contributed by atoms with van der Waals surface area (Å²) in [4.78, 5) is 4.58. The van der Waals surface area contributed by atoms with Crippen LogP contribution < -0.4 is 4.74 Å². The van der Waals surface area contributed by atoms with Crippen molar-refractivity contribution < 1.29 is 4.74 Å². The van der Waals surface area contributed by atoms with Gasteiger partial charge < -0.3 is 4.74 Å². The second-order valence-electron chi connectivity index (χ2n) is 3.88. The number of rotatable bonds is 2. The van der Waals surface area contributed by atoms with Gasteiger partial charge in [-0.2, -0.15) is 0 Å². The highest BCUT2D eigenvalue weighted by molar-refractivity contribution is 6.43. The molecule has 0 aliphatic carbocycles. The monoisotopic (exact) mass is 277 g/mol. The molecule has 18 heavy (non-hydrogen) atoms. The Morgan fingerprint density at radius 1 is 0.944 bits per heavy atom. The first-order valence-electron chi connectivity index (χ1n) is 5.47. The summed E-state index contributed by atoms with van der Waals surface area (Å²) in [6.07, 6.45) is 0. The van der Waals surface area contributed by atoms with E-state index in [9.17, 15) is 0 Å². The van der Waals surface area contributed by atoms with Gasteiger partial charge in [-0.05, 0) is 24.3 Å². The van der Waals surface area contributed by atoms with E-state index in [2.05, 4.69) is 4.98 Å². The third-order valence-corrected chi connectivity index (χ3v) is 2.91. The van der Waals surface area contributed by atoms with Gasteiger partial charge >= 0.3 is 0 Å². The van der Waals surface area contributed by atoms with Crippen molar-refractivity contribution in [3.05, 3.63) is 48.5 Å². The van der Waals surface area contributed by atoms with Crippen LogP contribution in [0.2, 0.25) is 0 Å². The number of ether oxygens (including phenoxy) is 1. The first-order chi connectivity index (χ1) is 8.74. The van der Waals surface area contributed by atoms with Gasteiger partial charge in [0.1, 0.15) is 5.75 Å². The summed E-state index contributed by atoms with van der Waals surface area (Å²) >= 11 is 11.3. The molecular weight excluding hydrogens is 269 g/mol. The van der Waals surface area contributed by atoms with E-state index in [4.69, 9.17) is 27.9 Å². The van der Waals surface area contributed by atoms with Gasteiger partial charge in [0.15, 0.2) is 0 Å².